The van der Waals surface area contributed by atoms with E-state index in [1.54, 1.807) is 17.7 Å². The molecule has 0 aliphatic carbocycles. The highest BCUT2D eigenvalue weighted by molar-refractivity contribution is 9.10. The van der Waals surface area contributed by atoms with Crippen LogP contribution in [0.2, 0.25) is 0 Å². The SMILES string of the molecule is CCCCCCN(C(=O)c1cccc(Br)c1)C(CC)c1nc2ccccc2c(=O)n1-c1ccc(OC)cc1. The summed E-state index contributed by atoms with van der Waals surface area (Å²) in [5, 5.41) is 0.537. The monoisotopic (exact) mass is 575 g/mol. The molecule has 0 aliphatic rings. The normalized spacial score (nSPS) is 11.9. The summed E-state index contributed by atoms with van der Waals surface area (Å²) in [6.45, 7) is 4.79. The second-order valence-electron chi connectivity index (χ2n) is 9.32. The second-order valence-corrected chi connectivity index (χ2v) is 10.2. The van der Waals surface area contributed by atoms with E-state index in [2.05, 4.69) is 22.9 Å². The molecule has 38 heavy (non-hydrogen) atoms. The molecule has 0 fully saturated rings. The summed E-state index contributed by atoms with van der Waals surface area (Å²) in [6.07, 6.45) is 4.74. The zero-order valence-corrected chi connectivity index (χ0v) is 23.8. The molecule has 0 radical (unpaired) electrons. The molecule has 0 N–H and O–H groups in total. The van der Waals surface area contributed by atoms with Gasteiger partial charge in [0.05, 0.1) is 29.7 Å². The zero-order chi connectivity index (χ0) is 27.1. The van der Waals surface area contributed by atoms with Crippen LogP contribution in [0.1, 0.15) is 68.2 Å². The van der Waals surface area contributed by atoms with Gasteiger partial charge in [0.15, 0.2) is 0 Å². The number of aromatic nitrogens is 2. The lowest BCUT2D eigenvalue weighted by molar-refractivity contribution is 0.0654. The van der Waals surface area contributed by atoms with E-state index in [0.717, 1.165) is 30.2 Å². The van der Waals surface area contributed by atoms with Crippen LogP contribution in [-0.2, 0) is 0 Å². The highest BCUT2D eigenvalue weighted by Crippen LogP contribution is 2.29. The summed E-state index contributed by atoms with van der Waals surface area (Å²) >= 11 is 3.50. The lowest BCUT2D eigenvalue weighted by Crippen LogP contribution is -2.39. The molecule has 1 aromatic heterocycles. The summed E-state index contributed by atoms with van der Waals surface area (Å²) in [5.74, 6) is 1.19. The van der Waals surface area contributed by atoms with Crippen molar-refractivity contribution >= 4 is 32.7 Å². The molecule has 3 aromatic carbocycles. The molecule has 198 valence electrons. The Hall–Kier alpha value is -3.45. The van der Waals surface area contributed by atoms with Crippen LogP contribution in [0.4, 0.5) is 0 Å². The number of methoxy groups -OCH3 is 1. The van der Waals surface area contributed by atoms with E-state index in [9.17, 15) is 9.59 Å². The van der Waals surface area contributed by atoms with Crippen LogP contribution in [0.15, 0.2) is 82.1 Å². The number of amides is 1. The molecule has 0 bridgehead atoms. The lowest BCUT2D eigenvalue weighted by atomic mass is 10.1. The van der Waals surface area contributed by atoms with Crippen LogP contribution >= 0.6 is 15.9 Å². The predicted molar refractivity (Wildman–Crippen MR) is 156 cm³/mol. The number of carbonyl (C=O) groups excluding carboxylic acids is 1. The van der Waals surface area contributed by atoms with Crippen LogP contribution in [0.3, 0.4) is 0 Å². The molecule has 1 atom stereocenters. The van der Waals surface area contributed by atoms with Gasteiger partial charge >= 0.3 is 0 Å². The standard InChI is InChI=1S/C31H34BrN3O3/c1-4-6-7-10-20-34(30(36)22-12-11-13-23(32)21-22)28(5-2)29-33-27-15-9-8-14-26(27)31(37)35(29)24-16-18-25(38-3)19-17-24/h8-9,11-19,21,28H,4-7,10,20H2,1-3H3. The Bertz CT molecular complexity index is 1450. The maximum atomic E-state index is 14.0. The molecule has 0 spiro atoms. The molecule has 6 nitrogen and oxygen atoms in total. The van der Waals surface area contributed by atoms with Gasteiger partial charge in [-0.1, -0.05) is 67.2 Å². The maximum absolute atomic E-state index is 14.0. The van der Waals surface area contributed by atoms with Gasteiger partial charge in [0.1, 0.15) is 11.6 Å². The van der Waals surface area contributed by atoms with Gasteiger partial charge in [0, 0.05) is 16.6 Å². The van der Waals surface area contributed by atoms with Crippen molar-refractivity contribution in [1.29, 1.82) is 0 Å². The van der Waals surface area contributed by atoms with Crippen LogP contribution in [0.25, 0.3) is 16.6 Å². The van der Waals surface area contributed by atoms with Gasteiger partial charge in [-0.05, 0) is 67.4 Å². The Morgan fingerprint density at radius 1 is 1.00 bits per heavy atom. The molecule has 4 aromatic rings. The molecule has 1 heterocycles. The fourth-order valence-corrected chi connectivity index (χ4v) is 5.19. The number of unbranched alkanes of at least 4 members (excludes halogenated alkanes) is 3. The molecular weight excluding hydrogens is 542 g/mol. The van der Waals surface area contributed by atoms with Gasteiger partial charge in [-0.3, -0.25) is 14.2 Å². The summed E-state index contributed by atoms with van der Waals surface area (Å²) in [5.41, 5.74) is 1.75. The number of para-hydroxylation sites is 1. The van der Waals surface area contributed by atoms with E-state index >= 15 is 0 Å². The Morgan fingerprint density at radius 2 is 1.76 bits per heavy atom. The van der Waals surface area contributed by atoms with Crippen molar-refractivity contribution in [3.63, 3.8) is 0 Å². The number of nitrogens with zero attached hydrogens (tertiary/aromatic N) is 3. The van der Waals surface area contributed by atoms with Gasteiger partial charge in [0.2, 0.25) is 0 Å². The largest absolute Gasteiger partial charge is 0.497 e. The highest BCUT2D eigenvalue weighted by Gasteiger charge is 2.29. The van der Waals surface area contributed by atoms with Crippen molar-refractivity contribution in [2.75, 3.05) is 13.7 Å². The number of fused-ring (bicyclic) bond motifs is 1. The number of rotatable bonds is 11. The first kappa shape index (κ1) is 27.6. The highest BCUT2D eigenvalue weighted by atomic mass is 79.9. The third-order valence-corrected chi connectivity index (χ3v) is 7.27. The van der Waals surface area contributed by atoms with E-state index < -0.39 is 6.04 Å². The third-order valence-electron chi connectivity index (χ3n) is 6.78. The maximum Gasteiger partial charge on any atom is 0.266 e. The van der Waals surface area contributed by atoms with Crippen LogP contribution in [-0.4, -0.2) is 34.0 Å². The Kier molecular flexibility index (Phi) is 9.34. The first-order chi connectivity index (χ1) is 18.5. The number of benzene rings is 3. The van der Waals surface area contributed by atoms with Crippen molar-refractivity contribution in [2.24, 2.45) is 0 Å². The summed E-state index contributed by atoms with van der Waals surface area (Å²) in [4.78, 5) is 34.8. The second kappa shape index (κ2) is 12.9. The number of hydrogen-bond donors (Lipinski definition) is 0. The number of halogens is 1. The van der Waals surface area contributed by atoms with E-state index in [1.807, 2.05) is 78.6 Å². The van der Waals surface area contributed by atoms with E-state index in [1.165, 1.54) is 0 Å². The third kappa shape index (κ3) is 5.99. The van der Waals surface area contributed by atoms with Gasteiger partial charge in [-0.25, -0.2) is 4.98 Å². The average Bonchev–Trinajstić information content (AvgIpc) is 2.94. The minimum atomic E-state index is -0.400. The topological polar surface area (TPSA) is 64.4 Å². The Balaban J connectivity index is 1.89. The first-order valence-electron chi connectivity index (χ1n) is 13.2. The van der Waals surface area contributed by atoms with Gasteiger partial charge in [-0.2, -0.15) is 0 Å². The smallest absolute Gasteiger partial charge is 0.266 e. The lowest BCUT2D eigenvalue weighted by Gasteiger charge is -2.32. The first-order valence-corrected chi connectivity index (χ1v) is 14.0. The van der Waals surface area contributed by atoms with E-state index in [-0.39, 0.29) is 11.5 Å². The number of ether oxygens (including phenoxy) is 1. The molecular formula is C31H34BrN3O3. The van der Waals surface area contributed by atoms with Crippen LogP contribution < -0.4 is 10.3 Å². The summed E-state index contributed by atoms with van der Waals surface area (Å²) < 4.78 is 7.84. The predicted octanol–water partition coefficient (Wildman–Crippen LogP) is 7.33. The van der Waals surface area contributed by atoms with Gasteiger partial charge < -0.3 is 9.64 Å². The summed E-state index contributed by atoms with van der Waals surface area (Å²) in [7, 11) is 1.61. The molecule has 0 saturated heterocycles. The summed E-state index contributed by atoms with van der Waals surface area (Å²) in [6, 6.07) is 21.8. The minimum absolute atomic E-state index is 0.0710. The molecule has 4 rings (SSSR count). The minimum Gasteiger partial charge on any atom is -0.497 e. The van der Waals surface area contributed by atoms with Crippen molar-refractivity contribution < 1.29 is 9.53 Å². The fraction of sp³-hybridized carbons (Fsp3) is 0.323. The van der Waals surface area contributed by atoms with Crippen molar-refractivity contribution in [3.05, 3.63) is 99.0 Å². The van der Waals surface area contributed by atoms with E-state index in [4.69, 9.17) is 9.72 Å². The number of carbonyl (C=O) groups is 1. The number of hydrogen-bond acceptors (Lipinski definition) is 4. The molecule has 7 heteroatoms. The van der Waals surface area contributed by atoms with Crippen molar-refractivity contribution in [1.82, 2.24) is 14.5 Å². The van der Waals surface area contributed by atoms with Crippen LogP contribution in [0, 0.1) is 0 Å². The molecule has 0 saturated carbocycles. The molecule has 0 aliphatic heterocycles. The van der Waals surface area contributed by atoms with Crippen molar-refractivity contribution in [2.45, 2.75) is 52.0 Å². The zero-order valence-electron chi connectivity index (χ0n) is 22.2. The quantitative estimate of drug-likeness (QED) is 0.176. The van der Waals surface area contributed by atoms with Gasteiger partial charge in [-0.15, -0.1) is 0 Å². The molecule has 1 unspecified atom stereocenters. The Labute approximate surface area is 232 Å². The van der Waals surface area contributed by atoms with Crippen molar-refractivity contribution in [3.8, 4) is 11.4 Å². The van der Waals surface area contributed by atoms with Gasteiger partial charge in [0.25, 0.3) is 11.5 Å². The average molecular weight is 577 g/mol. The van der Waals surface area contributed by atoms with E-state index in [0.29, 0.717) is 46.7 Å². The molecule has 1 amide bonds. The fourth-order valence-electron chi connectivity index (χ4n) is 4.79. The van der Waals surface area contributed by atoms with Crippen LogP contribution in [0.5, 0.6) is 5.75 Å². The Morgan fingerprint density at radius 3 is 2.45 bits per heavy atom.